The van der Waals surface area contributed by atoms with Gasteiger partial charge < -0.3 is 24.8 Å². The first-order valence-electron chi connectivity index (χ1n) is 14.6. The molecule has 2 aromatic rings. The Morgan fingerprint density at radius 3 is 2.30 bits per heavy atom. The minimum Gasteiger partial charge on any atom is -0.392 e. The third-order valence-electron chi connectivity index (χ3n) is 7.65. The summed E-state index contributed by atoms with van der Waals surface area (Å²) in [4.78, 5) is 26.1. The van der Waals surface area contributed by atoms with E-state index >= 15 is 0 Å². The van der Waals surface area contributed by atoms with Crippen LogP contribution in [0.15, 0.2) is 48.5 Å². The minimum absolute atomic E-state index is 0.0109. The van der Waals surface area contributed by atoms with Crippen LogP contribution < -0.4 is 10.8 Å². The Kier molecular flexibility index (Phi) is 11.9. The number of aliphatic hydroxyl groups excluding tert-OH is 1. The van der Waals surface area contributed by atoms with E-state index in [0.717, 1.165) is 62.0 Å². The standard InChI is InChI=1S/C31H43N3O6/c35-22-23-13-15-24(16-14-23)28-20-27(21-34-17-6-3-7-18-34)39-31(40-28)25-9-8-10-26(19-25)32-29(36)11-4-1-2-5-12-30(37)33-38/h8-10,13-16,19,27-28,31,35,38H,1-7,11-12,17-18,20-22H2,(H,32,36)(H,33,37)/t27-,28+,31+/m1/s1. The Morgan fingerprint density at radius 2 is 1.60 bits per heavy atom. The third kappa shape index (κ3) is 9.38. The summed E-state index contributed by atoms with van der Waals surface area (Å²) < 4.78 is 13.0. The molecule has 2 aromatic carbocycles. The molecule has 0 unspecified atom stereocenters. The van der Waals surface area contributed by atoms with E-state index in [1.807, 2.05) is 48.5 Å². The number of hydroxylamine groups is 1. The molecule has 2 heterocycles. The molecule has 0 radical (unpaired) electrons. The maximum Gasteiger partial charge on any atom is 0.243 e. The quantitative estimate of drug-likeness (QED) is 0.157. The van der Waals surface area contributed by atoms with Gasteiger partial charge in [0.15, 0.2) is 6.29 Å². The lowest BCUT2D eigenvalue weighted by molar-refractivity contribution is -0.253. The second-order valence-corrected chi connectivity index (χ2v) is 10.8. The van der Waals surface area contributed by atoms with Crippen molar-refractivity contribution in [2.45, 2.75) is 89.3 Å². The van der Waals surface area contributed by atoms with E-state index in [2.05, 4.69) is 10.2 Å². The Hall–Kier alpha value is -2.82. The molecule has 9 heteroatoms. The maximum absolute atomic E-state index is 12.6. The Bertz CT molecular complexity index is 1070. The third-order valence-corrected chi connectivity index (χ3v) is 7.65. The largest absolute Gasteiger partial charge is 0.392 e. The molecule has 4 rings (SSSR count). The molecule has 4 N–H and O–H groups in total. The molecule has 0 aliphatic carbocycles. The summed E-state index contributed by atoms with van der Waals surface area (Å²) in [7, 11) is 0. The molecule has 0 aromatic heterocycles. The second kappa shape index (κ2) is 15.8. The van der Waals surface area contributed by atoms with Crippen LogP contribution in [0, 0.1) is 0 Å². The summed E-state index contributed by atoms with van der Waals surface area (Å²) >= 11 is 0. The maximum atomic E-state index is 12.6. The predicted octanol–water partition coefficient (Wildman–Crippen LogP) is 4.99. The number of hydrogen-bond acceptors (Lipinski definition) is 7. The molecular weight excluding hydrogens is 510 g/mol. The number of carbonyl (C=O) groups is 2. The zero-order valence-electron chi connectivity index (χ0n) is 23.2. The lowest BCUT2D eigenvalue weighted by Gasteiger charge is -2.39. The lowest BCUT2D eigenvalue weighted by Crippen LogP contribution is -2.41. The monoisotopic (exact) mass is 553 g/mol. The predicted molar refractivity (Wildman–Crippen MR) is 151 cm³/mol. The number of hydrogen-bond donors (Lipinski definition) is 4. The van der Waals surface area contributed by atoms with E-state index in [1.54, 1.807) is 5.48 Å². The summed E-state index contributed by atoms with van der Waals surface area (Å²) in [5.41, 5.74) is 5.14. The molecule has 0 saturated carbocycles. The Morgan fingerprint density at radius 1 is 0.875 bits per heavy atom. The highest BCUT2D eigenvalue weighted by molar-refractivity contribution is 5.90. The van der Waals surface area contributed by atoms with Crippen LogP contribution in [0.1, 0.15) is 93.3 Å². The molecule has 9 nitrogen and oxygen atoms in total. The van der Waals surface area contributed by atoms with Gasteiger partial charge in [-0.2, -0.15) is 0 Å². The molecule has 218 valence electrons. The first kappa shape index (κ1) is 30.1. The Balaban J connectivity index is 1.36. The van der Waals surface area contributed by atoms with Crippen molar-refractivity contribution in [2.24, 2.45) is 0 Å². The average molecular weight is 554 g/mol. The van der Waals surface area contributed by atoms with Gasteiger partial charge in [-0.25, -0.2) is 5.48 Å². The summed E-state index contributed by atoms with van der Waals surface area (Å²) in [6, 6.07) is 15.6. The van der Waals surface area contributed by atoms with Gasteiger partial charge in [-0.1, -0.05) is 55.7 Å². The molecule has 2 aliphatic heterocycles. The van der Waals surface area contributed by atoms with Crippen LogP contribution in [0.4, 0.5) is 5.69 Å². The highest BCUT2D eigenvalue weighted by atomic mass is 16.7. The number of unbranched alkanes of at least 4 members (excludes halogenated alkanes) is 3. The average Bonchev–Trinajstić information content (AvgIpc) is 2.99. The van der Waals surface area contributed by atoms with Crippen LogP contribution in [0.2, 0.25) is 0 Å². The highest BCUT2D eigenvalue weighted by Crippen LogP contribution is 2.38. The SMILES string of the molecule is O=C(CCCCCCC(=O)Nc1cccc([C@H]2O[C@@H](CN3CCCCC3)C[C@@H](c3ccc(CO)cc3)O2)c1)NO. The zero-order chi connectivity index (χ0) is 28.2. The number of rotatable bonds is 13. The number of piperidine rings is 1. The number of aliphatic hydroxyl groups is 1. The molecular formula is C31H43N3O6. The number of ether oxygens (including phenoxy) is 2. The van der Waals surface area contributed by atoms with Gasteiger partial charge in [0.05, 0.1) is 18.8 Å². The van der Waals surface area contributed by atoms with Gasteiger partial charge in [0.2, 0.25) is 11.8 Å². The fourth-order valence-corrected chi connectivity index (χ4v) is 5.43. The van der Waals surface area contributed by atoms with Crippen molar-refractivity contribution in [3.63, 3.8) is 0 Å². The number of likely N-dealkylation sites (tertiary alicyclic amines) is 1. The van der Waals surface area contributed by atoms with Crippen molar-refractivity contribution < 1.29 is 29.4 Å². The van der Waals surface area contributed by atoms with Gasteiger partial charge in [0, 0.05) is 37.1 Å². The molecule has 0 bridgehead atoms. The van der Waals surface area contributed by atoms with Crippen LogP contribution in [0.25, 0.3) is 0 Å². The number of benzene rings is 2. The fourth-order valence-electron chi connectivity index (χ4n) is 5.43. The van der Waals surface area contributed by atoms with Crippen molar-refractivity contribution in [3.05, 3.63) is 65.2 Å². The van der Waals surface area contributed by atoms with E-state index in [4.69, 9.17) is 14.7 Å². The van der Waals surface area contributed by atoms with Gasteiger partial charge in [-0.15, -0.1) is 0 Å². The van der Waals surface area contributed by atoms with Crippen molar-refractivity contribution >= 4 is 17.5 Å². The van der Waals surface area contributed by atoms with Gasteiger partial charge in [0.1, 0.15) is 0 Å². The van der Waals surface area contributed by atoms with E-state index in [9.17, 15) is 14.7 Å². The van der Waals surface area contributed by atoms with Crippen LogP contribution in [0.3, 0.4) is 0 Å². The summed E-state index contributed by atoms with van der Waals surface area (Å²) in [5.74, 6) is -0.437. The summed E-state index contributed by atoms with van der Waals surface area (Å²) in [6.07, 6.45) is 7.58. The van der Waals surface area contributed by atoms with Crippen LogP contribution >= 0.6 is 0 Å². The van der Waals surface area contributed by atoms with Crippen molar-refractivity contribution in [2.75, 3.05) is 25.0 Å². The number of nitrogens with one attached hydrogen (secondary N) is 2. The molecule has 2 saturated heterocycles. The van der Waals surface area contributed by atoms with Gasteiger partial charge in [-0.05, 0) is 62.0 Å². The van der Waals surface area contributed by atoms with Crippen molar-refractivity contribution in [3.8, 4) is 0 Å². The van der Waals surface area contributed by atoms with Crippen LogP contribution in [0.5, 0.6) is 0 Å². The number of amides is 2. The fraction of sp³-hybridized carbons (Fsp3) is 0.548. The summed E-state index contributed by atoms with van der Waals surface area (Å²) in [6.45, 7) is 3.07. The number of anilines is 1. The molecule has 2 fully saturated rings. The highest BCUT2D eigenvalue weighted by Gasteiger charge is 2.33. The van der Waals surface area contributed by atoms with E-state index in [-0.39, 0.29) is 37.0 Å². The van der Waals surface area contributed by atoms with Gasteiger partial charge >= 0.3 is 0 Å². The topological polar surface area (TPSA) is 120 Å². The van der Waals surface area contributed by atoms with E-state index in [1.165, 1.54) is 19.3 Å². The molecule has 0 spiro atoms. The minimum atomic E-state index is -0.556. The van der Waals surface area contributed by atoms with Gasteiger partial charge in [0.25, 0.3) is 0 Å². The molecule has 2 aliphatic rings. The van der Waals surface area contributed by atoms with E-state index in [0.29, 0.717) is 18.5 Å². The summed E-state index contributed by atoms with van der Waals surface area (Å²) in [5, 5.41) is 21.0. The zero-order valence-corrected chi connectivity index (χ0v) is 23.2. The van der Waals surface area contributed by atoms with Crippen LogP contribution in [-0.2, 0) is 25.7 Å². The lowest BCUT2D eigenvalue weighted by atomic mass is 9.99. The Labute approximate surface area is 236 Å². The van der Waals surface area contributed by atoms with Crippen molar-refractivity contribution in [1.29, 1.82) is 0 Å². The van der Waals surface area contributed by atoms with Gasteiger partial charge in [-0.3, -0.25) is 14.8 Å². The molecule has 40 heavy (non-hydrogen) atoms. The first-order valence-corrected chi connectivity index (χ1v) is 14.6. The molecule has 2 amide bonds. The number of nitrogens with zero attached hydrogens (tertiary/aromatic N) is 1. The van der Waals surface area contributed by atoms with E-state index < -0.39 is 6.29 Å². The van der Waals surface area contributed by atoms with Crippen molar-refractivity contribution in [1.82, 2.24) is 10.4 Å². The second-order valence-electron chi connectivity index (χ2n) is 10.8. The smallest absolute Gasteiger partial charge is 0.243 e. The normalized spacial score (nSPS) is 21.6. The number of carbonyl (C=O) groups excluding carboxylic acids is 2. The molecule has 3 atom stereocenters. The first-order chi connectivity index (χ1) is 19.5. The van der Waals surface area contributed by atoms with Crippen LogP contribution in [-0.4, -0.2) is 52.8 Å².